The molecule has 10 heteroatoms. The maximum absolute atomic E-state index is 13.2. The van der Waals surface area contributed by atoms with Crippen LogP contribution in [0.2, 0.25) is 10.0 Å². The van der Waals surface area contributed by atoms with E-state index in [9.17, 15) is 14.0 Å². The van der Waals surface area contributed by atoms with E-state index in [1.165, 1.54) is 36.0 Å². The second-order valence-corrected chi connectivity index (χ2v) is 10.9. The Balaban J connectivity index is 1.53. The molecule has 2 amide bonds. The van der Waals surface area contributed by atoms with Crippen molar-refractivity contribution in [3.8, 4) is 0 Å². The second kappa shape index (κ2) is 9.96. The van der Waals surface area contributed by atoms with Crippen molar-refractivity contribution in [3.05, 3.63) is 87.7 Å². The molecule has 0 unspecified atom stereocenters. The van der Waals surface area contributed by atoms with Gasteiger partial charge < -0.3 is 10.6 Å². The first-order valence-electron chi connectivity index (χ1n) is 10.00. The number of amides is 2. The van der Waals surface area contributed by atoms with E-state index >= 15 is 0 Å². The zero-order valence-corrected chi connectivity index (χ0v) is 21.4. The van der Waals surface area contributed by atoms with Crippen molar-refractivity contribution >= 4 is 81.4 Å². The van der Waals surface area contributed by atoms with Gasteiger partial charge >= 0.3 is 0 Å². The minimum atomic E-state index is -1.32. The van der Waals surface area contributed by atoms with Crippen molar-refractivity contribution in [1.29, 1.82) is 0 Å². The third-order valence-electron chi connectivity index (χ3n) is 5.39. The summed E-state index contributed by atoms with van der Waals surface area (Å²) >= 11 is 26.4. The number of thioether (sulfide) groups is 1. The zero-order valence-electron chi connectivity index (χ0n) is 17.5. The molecule has 0 bridgehead atoms. The predicted octanol–water partition coefficient (Wildman–Crippen LogP) is 7.63. The summed E-state index contributed by atoms with van der Waals surface area (Å²) in [5.41, 5.74) is 1.88. The first-order valence-corrected chi connectivity index (χ1v) is 12.7. The second-order valence-electron chi connectivity index (χ2n) is 7.70. The number of carbonyl (C=O) groups excluding carboxylic acids is 2. The molecule has 1 aliphatic rings. The van der Waals surface area contributed by atoms with Gasteiger partial charge in [-0.25, -0.2) is 4.39 Å². The molecule has 34 heavy (non-hydrogen) atoms. The molecule has 2 N–H and O–H groups in total. The molecular formula is C24H17Cl4FN2O2S. The molecule has 176 valence electrons. The highest BCUT2D eigenvalue weighted by molar-refractivity contribution is 7.98. The van der Waals surface area contributed by atoms with E-state index in [1.807, 2.05) is 6.26 Å². The fourth-order valence-corrected chi connectivity index (χ4v) is 5.68. The molecule has 0 spiro atoms. The molecule has 0 aliphatic heterocycles. The number of nitrogens with one attached hydrogen (secondary N) is 2. The Labute approximate surface area is 220 Å². The highest BCUT2D eigenvalue weighted by Crippen LogP contribution is 2.65. The van der Waals surface area contributed by atoms with Gasteiger partial charge in [-0.1, -0.05) is 23.2 Å². The van der Waals surface area contributed by atoms with Crippen LogP contribution in [0, 0.1) is 11.7 Å². The van der Waals surface area contributed by atoms with Crippen molar-refractivity contribution in [2.24, 2.45) is 5.92 Å². The highest BCUT2D eigenvalue weighted by Gasteiger charge is 2.67. The average molecular weight is 558 g/mol. The van der Waals surface area contributed by atoms with Crippen LogP contribution in [-0.4, -0.2) is 22.4 Å². The molecule has 0 heterocycles. The SMILES string of the molecule is CSc1ccc(NC(=O)[C@H]2[C@H](c3cc(Cl)cc(Cl)c3)C2(Cl)Cl)cc1C(=O)Nc1ccc(F)cc1. The molecule has 4 nitrogen and oxygen atoms in total. The summed E-state index contributed by atoms with van der Waals surface area (Å²) in [5, 5.41) is 6.36. The van der Waals surface area contributed by atoms with E-state index in [1.54, 1.807) is 36.4 Å². The normalized spacial score (nSPS) is 18.3. The lowest BCUT2D eigenvalue weighted by Crippen LogP contribution is -2.18. The van der Waals surface area contributed by atoms with Gasteiger partial charge in [-0.05, 0) is 72.5 Å². The topological polar surface area (TPSA) is 58.2 Å². The van der Waals surface area contributed by atoms with Gasteiger partial charge in [-0.15, -0.1) is 35.0 Å². The van der Waals surface area contributed by atoms with Gasteiger partial charge in [-0.2, -0.15) is 0 Å². The third kappa shape index (κ3) is 5.31. The fourth-order valence-electron chi connectivity index (χ4n) is 3.74. The number of hydrogen-bond donors (Lipinski definition) is 2. The van der Waals surface area contributed by atoms with Gasteiger partial charge in [-0.3, -0.25) is 9.59 Å². The monoisotopic (exact) mass is 556 g/mol. The lowest BCUT2D eigenvalue weighted by molar-refractivity contribution is -0.117. The summed E-state index contributed by atoms with van der Waals surface area (Å²) in [4.78, 5) is 26.6. The van der Waals surface area contributed by atoms with Crippen LogP contribution in [0.25, 0.3) is 0 Å². The molecule has 4 rings (SSSR count). The van der Waals surface area contributed by atoms with Gasteiger partial charge in [0.25, 0.3) is 5.91 Å². The van der Waals surface area contributed by atoms with E-state index in [2.05, 4.69) is 10.6 Å². The van der Waals surface area contributed by atoms with Gasteiger partial charge in [0.1, 0.15) is 10.2 Å². The average Bonchev–Trinajstić information content (AvgIpc) is 3.36. The molecule has 1 fully saturated rings. The van der Waals surface area contributed by atoms with Crippen molar-refractivity contribution in [1.82, 2.24) is 0 Å². The standard InChI is InChI=1S/C24H17Cl4FN2O2S/c1-34-19-7-6-17(11-18(19)22(32)30-16-4-2-15(29)3-5-16)31-23(33)21-20(24(21,27)28)12-8-13(25)10-14(26)9-12/h2-11,20-21H,1H3,(H,30,32)(H,31,33)/t20-,21+/m0/s1. The Morgan fingerprint density at radius 2 is 1.53 bits per heavy atom. The minimum absolute atomic E-state index is 0.353. The highest BCUT2D eigenvalue weighted by atomic mass is 35.5. The molecule has 0 saturated heterocycles. The Morgan fingerprint density at radius 3 is 2.15 bits per heavy atom. The number of carbonyl (C=O) groups is 2. The van der Waals surface area contributed by atoms with E-state index in [4.69, 9.17) is 46.4 Å². The van der Waals surface area contributed by atoms with Crippen LogP contribution in [-0.2, 0) is 4.79 Å². The molecule has 0 radical (unpaired) electrons. The Kier molecular flexibility index (Phi) is 7.36. The van der Waals surface area contributed by atoms with Gasteiger partial charge in [0.15, 0.2) is 0 Å². The summed E-state index contributed by atoms with van der Waals surface area (Å²) in [6.07, 6.45) is 1.84. The van der Waals surface area contributed by atoms with E-state index in [0.717, 1.165) is 0 Å². The van der Waals surface area contributed by atoms with Crippen LogP contribution in [0.3, 0.4) is 0 Å². The maximum Gasteiger partial charge on any atom is 0.256 e. The Bertz CT molecular complexity index is 1250. The zero-order chi connectivity index (χ0) is 24.6. The number of hydrogen-bond acceptors (Lipinski definition) is 3. The molecule has 2 atom stereocenters. The molecule has 3 aromatic rings. The van der Waals surface area contributed by atoms with Crippen LogP contribution in [0.1, 0.15) is 21.8 Å². The van der Waals surface area contributed by atoms with E-state index in [0.29, 0.717) is 37.4 Å². The summed E-state index contributed by atoms with van der Waals surface area (Å²) in [6, 6.07) is 15.4. The summed E-state index contributed by atoms with van der Waals surface area (Å²) in [5.74, 6) is -2.41. The first-order chi connectivity index (χ1) is 16.1. The van der Waals surface area contributed by atoms with Crippen LogP contribution < -0.4 is 10.6 Å². The van der Waals surface area contributed by atoms with Crippen molar-refractivity contribution in [2.75, 3.05) is 16.9 Å². The Hall–Kier alpha value is -1.96. The van der Waals surface area contributed by atoms with Crippen LogP contribution in [0.15, 0.2) is 65.6 Å². The largest absolute Gasteiger partial charge is 0.326 e. The van der Waals surface area contributed by atoms with Crippen molar-refractivity contribution in [2.45, 2.75) is 15.1 Å². The number of benzene rings is 3. The smallest absolute Gasteiger partial charge is 0.256 e. The molecule has 0 aromatic heterocycles. The van der Waals surface area contributed by atoms with E-state index < -0.39 is 33.8 Å². The molecular weight excluding hydrogens is 541 g/mol. The van der Waals surface area contributed by atoms with Gasteiger partial charge in [0, 0.05) is 32.2 Å². The predicted molar refractivity (Wildman–Crippen MR) is 138 cm³/mol. The third-order valence-corrected chi connectivity index (χ3v) is 7.57. The van der Waals surface area contributed by atoms with Crippen molar-refractivity contribution < 1.29 is 14.0 Å². The van der Waals surface area contributed by atoms with Gasteiger partial charge in [0.05, 0.1) is 11.5 Å². The number of alkyl halides is 2. The lowest BCUT2D eigenvalue weighted by Gasteiger charge is -2.12. The van der Waals surface area contributed by atoms with Gasteiger partial charge in [0.2, 0.25) is 5.91 Å². The summed E-state index contributed by atoms with van der Waals surface area (Å²) in [7, 11) is 0. The molecule has 3 aromatic carbocycles. The Morgan fingerprint density at radius 1 is 0.912 bits per heavy atom. The quantitative estimate of drug-likeness (QED) is 0.242. The molecule has 1 saturated carbocycles. The number of rotatable bonds is 6. The molecule has 1 aliphatic carbocycles. The van der Waals surface area contributed by atoms with Crippen LogP contribution in [0.5, 0.6) is 0 Å². The number of halogens is 5. The summed E-state index contributed by atoms with van der Waals surface area (Å²) < 4.78 is 11.8. The van der Waals surface area contributed by atoms with Crippen LogP contribution >= 0.6 is 58.2 Å². The minimum Gasteiger partial charge on any atom is -0.326 e. The first kappa shape index (κ1) is 25.1. The van der Waals surface area contributed by atoms with Crippen LogP contribution in [0.4, 0.5) is 15.8 Å². The lowest BCUT2D eigenvalue weighted by atomic mass is 10.1. The maximum atomic E-state index is 13.2. The van der Waals surface area contributed by atoms with Crippen molar-refractivity contribution in [3.63, 3.8) is 0 Å². The van der Waals surface area contributed by atoms with E-state index in [-0.39, 0.29) is 0 Å². The summed E-state index contributed by atoms with van der Waals surface area (Å²) in [6.45, 7) is 0. The number of anilines is 2. The fraction of sp³-hybridized carbons (Fsp3) is 0.167.